The average molecular weight is 243 g/mol. The fraction of sp³-hybridized carbons (Fsp3) is 0.818. The molecule has 0 aliphatic rings. The number of rotatable bonds is 5. The van der Waals surface area contributed by atoms with Gasteiger partial charge in [-0.3, -0.25) is 0 Å². The topological polar surface area (TPSA) is 64.9 Å². The van der Waals surface area contributed by atoms with E-state index in [9.17, 15) is 0 Å². The van der Waals surface area contributed by atoms with Gasteiger partial charge in [0.25, 0.3) is 0 Å². The molecule has 0 spiro atoms. The molecule has 1 heterocycles. The van der Waals surface area contributed by atoms with Gasteiger partial charge in [-0.1, -0.05) is 32.9 Å². The van der Waals surface area contributed by atoms with Crippen LogP contribution in [0.15, 0.2) is 4.52 Å². The number of hydrogen-bond acceptors (Lipinski definition) is 5. The highest BCUT2D eigenvalue weighted by molar-refractivity contribution is 7.99. The first kappa shape index (κ1) is 13.5. The second kappa shape index (κ2) is 5.68. The van der Waals surface area contributed by atoms with Crippen molar-refractivity contribution in [3.8, 4) is 0 Å². The zero-order chi connectivity index (χ0) is 12.2. The van der Waals surface area contributed by atoms with E-state index in [0.717, 1.165) is 17.9 Å². The predicted molar refractivity (Wildman–Crippen MR) is 67.5 cm³/mol. The van der Waals surface area contributed by atoms with Crippen molar-refractivity contribution in [2.75, 3.05) is 11.5 Å². The summed E-state index contributed by atoms with van der Waals surface area (Å²) in [5, 5.41) is 3.94. The third-order valence-corrected chi connectivity index (χ3v) is 3.12. The quantitative estimate of drug-likeness (QED) is 0.805. The molecule has 92 valence electrons. The van der Waals surface area contributed by atoms with Gasteiger partial charge in [-0.25, -0.2) is 0 Å². The van der Waals surface area contributed by atoms with Crippen molar-refractivity contribution in [1.82, 2.24) is 10.1 Å². The molecular formula is C11H21N3OS. The van der Waals surface area contributed by atoms with Gasteiger partial charge in [-0.15, -0.1) is 0 Å². The van der Waals surface area contributed by atoms with Crippen LogP contribution in [0.3, 0.4) is 0 Å². The summed E-state index contributed by atoms with van der Waals surface area (Å²) in [6, 6.07) is -0.112. The Hall–Kier alpha value is -0.550. The Balaban J connectivity index is 2.56. The summed E-state index contributed by atoms with van der Waals surface area (Å²) in [7, 11) is 0. The van der Waals surface area contributed by atoms with Crippen molar-refractivity contribution in [2.45, 2.75) is 45.6 Å². The van der Waals surface area contributed by atoms with Crippen LogP contribution in [0.2, 0.25) is 0 Å². The lowest BCUT2D eigenvalue weighted by Gasteiger charge is -2.10. The molecule has 0 aliphatic heterocycles. The number of hydrogen-bond donors (Lipinski definition) is 1. The van der Waals surface area contributed by atoms with Crippen molar-refractivity contribution in [3.05, 3.63) is 11.7 Å². The van der Waals surface area contributed by atoms with Crippen LogP contribution in [-0.4, -0.2) is 21.6 Å². The fourth-order valence-electron chi connectivity index (χ4n) is 1.17. The average Bonchev–Trinajstić information content (AvgIpc) is 2.66. The third kappa shape index (κ3) is 3.79. The molecule has 0 saturated heterocycles. The van der Waals surface area contributed by atoms with E-state index >= 15 is 0 Å². The number of aromatic nitrogens is 2. The second-order valence-electron chi connectivity index (χ2n) is 4.80. The summed E-state index contributed by atoms with van der Waals surface area (Å²) in [5.41, 5.74) is 5.89. The van der Waals surface area contributed by atoms with Gasteiger partial charge in [0.2, 0.25) is 5.89 Å². The van der Waals surface area contributed by atoms with Crippen LogP contribution in [0, 0.1) is 0 Å². The van der Waals surface area contributed by atoms with Crippen LogP contribution in [0.5, 0.6) is 0 Å². The molecule has 0 fully saturated rings. The summed E-state index contributed by atoms with van der Waals surface area (Å²) in [6.07, 6.45) is 0.890. The van der Waals surface area contributed by atoms with Crippen molar-refractivity contribution in [3.63, 3.8) is 0 Å². The van der Waals surface area contributed by atoms with E-state index in [1.807, 2.05) is 32.5 Å². The van der Waals surface area contributed by atoms with Crippen LogP contribution in [0.1, 0.15) is 51.9 Å². The summed E-state index contributed by atoms with van der Waals surface area (Å²) in [4.78, 5) is 4.35. The van der Waals surface area contributed by atoms with Gasteiger partial charge < -0.3 is 10.3 Å². The van der Waals surface area contributed by atoms with E-state index in [0.29, 0.717) is 11.7 Å². The number of nitrogens with two attached hydrogens (primary N) is 1. The molecule has 0 aromatic carbocycles. The first-order chi connectivity index (χ1) is 7.45. The Morgan fingerprint density at radius 2 is 2.12 bits per heavy atom. The normalized spacial score (nSPS) is 14.1. The maximum absolute atomic E-state index is 5.99. The summed E-state index contributed by atoms with van der Waals surface area (Å²) in [5.74, 6) is 3.44. The summed E-state index contributed by atoms with van der Waals surface area (Å²) in [6.45, 7) is 8.27. The van der Waals surface area contributed by atoms with Gasteiger partial charge in [-0.05, 0) is 17.9 Å². The third-order valence-electron chi connectivity index (χ3n) is 2.19. The molecule has 0 aliphatic carbocycles. The van der Waals surface area contributed by atoms with E-state index < -0.39 is 0 Å². The molecule has 1 unspecified atom stereocenters. The van der Waals surface area contributed by atoms with Crippen molar-refractivity contribution in [2.24, 2.45) is 5.73 Å². The monoisotopic (exact) mass is 243 g/mol. The molecule has 16 heavy (non-hydrogen) atoms. The van der Waals surface area contributed by atoms with E-state index in [4.69, 9.17) is 10.3 Å². The molecule has 1 aromatic rings. The highest BCUT2D eigenvalue weighted by Gasteiger charge is 2.23. The first-order valence-electron chi connectivity index (χ1n) is 5.62. The Kier molecular flexibility index (Phi) is 4.80. The first-order valence-corrected chi connectivity index (χ1v) is 6.78. The van der Waals surface area contributed by atoms with Crippen LogP contribution in [0.25, 0.3) is 0 Å². The number of nitrogens with zero attached hydrogens (tertiary/aromatic N) is 2. The lowest BCUT2D eigenvalue weighted by Crippen LogP contribution is -2.15. The zero-order valence-corrected chi connectivity index (χ0v) is 11.3. The van der Waals surface area contributed by atoms with E-state index in [1.54, 1.807) is 0 Å². The van der Waals surface area contributed by atoms with Gasteiger partial charge in [0.15, 0.2) is 5.82 Å². The van der Waals surface area contributed by atoms with Gasteiger partial charge in [0.05, 0.1) is 6.04 Å². The van der Waals surface area contributed by atoms with Crippen LogP contribution in [0.4, 0.5) is 0 Å². The maximum atomic E-state index is 5.99. The molecule has 1 aromatic heterocycles. The largest absolute Gasteiger partial charge is 0.339 e. The van der Waals surface area contributed by atoms with Gasteiger partial charge in [0.1, 0.15) is 0 Å². The minimum atomic E-state index is -0.112. The Labute approximate surface area is 101 Å². The van der Waals surface area contributed by atoms with Crippen molar-refractivity contribution >= 4 is 11.8 Å². The molecule has 5 heteroatoms. The second-order valence-corrected chi connectivity index (χ2v) is 6.19. The minimum Gasteiger partial charge on any atom is -0.339 e. The molecule has 1 atom stereocenters. The highest BCUT2D eigenvalue weighted by Crippen LogP contribution is 2.22. The smallest absolute Gasteiger partial charge is 0.232 e. The van der Waals surface area contributed by atoms with E-state index in [1.165, 1.54) is 0 Å². The highest BCUT2D eigenvalue weighted by atomic mass is 32.2. The van der Waals surface area contributed by atoms with Crippen molar-refractivity contribution in [1.29, 1.82) is 0 Å². The molecule has 0 saturated carbocycles. The molecular weight excluding hydrogens is 222 g/mol. The molecule has 0 bridgehead atoms. The summed E-state index contributed by atoms with van der Waals surface area (Å²) < 4.78 is 5.21. The van der Waals surface area contributed by atoms with Gasteiger partial charge in [0, 0.05) is 5.41 Å². The molecule has 0 amide bonds. The van der Waals surface area contributed by atoms with Crippen LogP contribution >= 0.6 is 11.8 Å². The van der Waals surface area contributed by atoms with Gasteiger partial charge >= 0.3 is 0 Å². The minimum absolute atomic E-state index is 0.108. The van der Waals surface area contributed by atoms with Gasteiger partial charge in [-0.2, -0.15) is 16.7 Å². The lowest BCUT2D eigenvalue weighted by atomic mass is 9.97. The Morgan fingerprint density at radius 1 is 1.44 bits per heavy atom. The molecule has 2 N–H and O–H groups in total. The molecule has 0 radical (unpaired) electrons. The van der Waals surface area contributed by atoms with Crippen LogP contribution < -0.4 is 5.73 Å². The molecule has 1 rings (SSSR count). The molecule has 4 nitrogen and oxygen atoms in total. The zero-order valence-electron chi connectivity index (χ0n) is 10.5. The Morgan fingerprint density at radius 3 is 2.62 bits per heavy atom. The predicted octanol–water partition coefficient (Wildman–Crippen LogP) is 2.51. The maximum Gasteiger partial charge on any atom is 0.232 e. The standard InChI is InChI=1S/C11H21N3OS/c1-5-16-7-6-8(12)9-13-10(15-14-9)11(2,3)4/h8H,5-7,12H2,1-4H3. The van der Waals surface area contributed by atoms with E-state index in [-0.39, 0.29) is 11.5 Å². The van der Waals surface area contributed by atoms with Crippen LogP contribution in [-0.2, 0) is 5.41 Å². The summed E-state index contributed by atoms with van der Waals surface area (Å²) >= 11 is 1.88. The lowest BCUT2D eigenvalue weighted by molar-refractivity contribution is 0.317. The van der Waals surface area contributed by atoms with E-state index in [2.05, 4.69) is 17.1 Å². The van der Waals surface area contributed by atoms with Crippen molar-refractivity contribution < 1.29 is 4.52 Å². The Bertz CT molecular complexity index is 319. The SMILES string of the molecule is CCSCCC(N)c1noc(C(C)(C)C)n1. The fourth-order valence-corrected chi connectivity index (χ4v) is 1.88. The number of thioether (sulfide) groups is 1.